The minimum atomic E-state index is -0.515. The lowest BCUT2D eigenvalue weighted by molar-refractivity contribution is -0.123. The van der Waals surface area contributed by atoms with E-state index in [9.17, 15) is 10.1 Å². The van der Waals surface area contributed by atoms with Crippen molar-refractivity contribution in [3.8, 4) is 11.8 Å². The average Bonchev–Trinajstić information content (AvgIpc) is 2.77. The zero-order valence-corrected chi connectivity index (χ0v) is 12.7. The molecule has 0 aliphatic carbocycles. The normalized spacial score (nSPS) is 13.4. The van der Waals surface area contributed by atoms with Crippen LogP contribution in [0.25, 0.3) is 0 Å². The molecule has 0 aromatic heterocycles. The molecule has 2 rings (SSSR count). The average molecular weight is 323 g/mol. The van der Waals surface area contributed by atoms with Crippen molar-refractivity contribution in [2.75, 3.05) is 11.9 Å². The fourth-order valence-electron chi connectivity index (χ4n) is 1.83. The Balaban J connectivity index is 2.45. The van der Waals surface area contributed by atoms with Crippen LogP contribution in [0, 0.1) is 16.7 Å². The second-order valence-corrected chi connectivity index (χ2v) is 6.36. The van der Waals surface area contributed by atoms with E-state index in [0.717, 1.165) is 16.5 Å². The van der Waals surface area contributed by atoms with Gasteiger partial charge in [0.15, 0.2) is 0 Å². The highest BCUT2D eigenvalue weighted by Gasteiger charge is 2.26. The van der Waals surface area contributed by atoms with Crippen LogP contribution in [0.4, 0.5) is 5.69 Å². The standard InChI is InChI=1S/C14H15BrN2O2/c1-14(2,3)13(18)17-11-6-10(15)8-4-5-19-12(8)9(11)7-16/h6H,4-5H2,1-3H3,(H,17,18). The van der Waals surface area contributed by atoms with Crippen LogP contribution in [0.5, 0.6) is 5.75 Å². The van der Waals surface area contributed by atoms with Gasteiger partial charge >= 0.3 is 0 Å². The highest BCUT2D eigenvalue weighted by Crippen LogP contribution is 2.39. The number of carbonyl (C=O) groups is 1. The van der Waals surface area contributed by atoms with Gasteiger partial charge in [-0.05, 0) is 6.07 Å². The van der Waals surface area contributed by atoms with Crippen molar-refractivity contribution < 1.29 is 9.53 Å². The Morgan fingerprint density at radius 1 is 1.53 bits per heavy atom. The number of hydrogen-bond donors (Lipinski definition) is 1. The highest BCUT2D eigenvalue weighted by atomic mass is 79.9. The predicted molar refractivity (Wildman–Crippen MR) is 76.1 cm³/mol. The van der Waals surface area contributed by atoms with Crippen molar-refractivity contribution >= 4 is 27.5 Å². The van der Waals surface area contributed by atoms with Crippen LogP contribution in [0.2, 0.25) is 0 Å². The number of anilines is 1. The lowest BCUT2D eigenvalue weighted by Crippen LogP contribution is -2.28. The highest BCUT2D eigenvalue weighted by molar-refractivity contribution is 9.10. The Hall–Kier alpha value is -1.54. The first-order valence-electron chi connectivity index (χ1n) is 6.04. The summed E-state index contributed by atoms with van der Waals surface area (Å²) in [5.41, 5.74) is 1.37. The number of nitrogens with zero attached hydrogens (tertiary/aromatic N) is 1. The van der Waals surface area contributed by atoms with Gasteiger partial charge < -0.3 is 10.1 Å². The molecular formula is C14H15BrN2O2. The van der Waals surface area contributed by atoms with Crippen molar-refractivity contribution in [3.63, 3.8) is 0 Å². The van der Waals surface area contributed by atoms with Gasteiger partial charge in [0, 0.05) is 21.9 Å². The fraction of sp³-hybridized carbons (Fsp3) is 0.429. The molecule has 0 radical (unpaired) electrons. The number of halogens is 1. The molecular weight excluding hydrogens is 308 g/mol. The first-order valence-corrected chi connectivity index (χ1v) is 6.83. The number of nitrogens with one attached hydrogen (secondary N) is 1. The van der Waals surface area contributed by atoms with Crippen LogP contribution in [0.3, 0.4) is 0 Å². The summed E-state index contributed by atoms with van der Waals surface area (Å²) in [5, 5.41) is 12.1. The van der Waals surface area contributed by atoms with Crippen LogP contribution in [-0.4, -0.2) is 12.5 Å². The molecule has 1 N–H and O–H groups in total. The molecule has 0 fully saturated rings. The fourth-order valence-corrected chi connectivity index (χ4v) is 2.44. The molecule has 0 saturated carbocycles. The number of nitriles is 1. The van der Waals surface area contributed by atoms with Crippen LogP contribution in [0.1, 0.15) is 31.9 Å². The van der Waals surface area contributed by atoms with Crippen LogP contribution < -0.4 is 10.1 Å². The van der Waals surface area contributed by atoms with E-state index in [1.54, 1.807) is 6.07 Å². The maximum Gasteiger partial charge on any atom is 0.229 e. The molecule has 100 valence electrons. The first kappa shape index (κ1) is 13.9. The monoisotopic (exact) mass is 322 g/mol. The predicted octanol–water partition coefficient (Wildman–Crippen LogP) is 3.24. The van der Waals surface area contributed by atoms with Gasteiger partial charge in [-0.2, -0.15) is 5.26 Å². The lowest BCUT2D eigenvalue weighted by atomic mass is 9.95. The third-order valence-electron chi connectivity index (χ3n) is 2.97. The maximum atomic E-state index is 12.0. The van der Waals surface area contributed by atoms with E-state index in [0.29, 0.717) is 23.6 Å². The topological polar surface area (TPSA) is 62.1 Å². The van der Waals surface area contributed by atoms with Crippen molar-refractivity contribution in [1.82, 2.24) is 0 Å². The van der Waals surface area contributed by atoms with E-state index >= 15 is 0 Å². The Labute approximate surface area is 120 Å². The molecule has 1 heterocycles. The SMILES string of the molecule is CC(C)(C)C(=O)Nc1cc(Br)c2c(c1C#N)OCC2. The molecule has 0 unspecified atom stereocenters. The summed E-state index contributed by atoms with van der Waals surface area (Å²) >= 11 is 3.46. The van der Waals surface area contributed by atoms with Gasteiger partial charge in [-0.25, -0.2) is 0 Å². The van der Waals surface area contributed by atoms with E-state index in [4.69, 9.17) is 4.74 Å². The summed E-state index contributed by atoms with van der Waals surface area (Å²) in [7, 11) is 0. The van der Waals surface area contributed by atoms with Gasteiger partial charge in [0.05, 0.1) is 12.3 Å². The summed E-state index contributed by atoms with van der Waals surface area (Å²) in [6.07, 6.45) is 0.776. The number of amides is 1. The number of carbonyl (C=O) groups excluding carboxylic acids is 1. The number of hydrogen-bond acceptors (Lipinski definition) is 3. The molecule has 1 amide bonds. The summed E-state index contributed by atoms with van der Waals surface area (Å²) in [6, 6.07) is 3.89. The lowest BCUT2D eigenvalue weighted by Gasteiger charge is -2.19. The molecule has 4 nitrogen and oxygen atoms in total. The first-order chi connectivity index (χ1) is 8.84. The van der Waals surface area contributed by atoms with Crippen LogP contribution >= 0.6 is 15.9 Å². The van der Waals surface area contributed by atoms with Gasteiger partial charge in [0.2, 0.25) is 5.91 Å². The molecule has 1 aromatic carbocycles. The van der Waals surface area contributed by atoms with Crippen molar-refractivity contribution in [2.45, 2.75) is 27.2 Å². The molecule has 0 spiro atoms. The van der Waals surface area contributed by atoms with E-state index in [-0.39, 0.29) is 5.91 Å². The van der Waals surface area contributed by atoms with E-state index < -0.39 is 5.41 Å². The molecule has 0 saturated heterocycles. The maximum absolute atomic E-state index is 12.0. The molecule has 0 atom stereocenters. The van der Waals surface area contributed by atoms with Crippen molar-refractivity contribution in [1.29, 1.82) is 5.26 Å². The summed E-state index contributed by atoms with van der Waals surface area (Å²) in [4.78, 5) is 12.0. The minimum absolute atomic E-state index is 0.131. The molecule has 5 heteroatoms. The minimum Gasteiger partial charge on any atom is -0.491 e. The van der Waals surface area contributed by atoms with E-state index in [1.165, 1.54) is 0 Å². The number of rotatable bonds is 1. The van der Waals surface area contributed by atoms with Gasteiger partial charge in [0.25, 0.3) is 0 Å². The molecule has 1 aromatic rings. The third kappa shape index (κ3) is 2.59. The van der Waals surface area contributed by atoms with E-state index in [2.05, 4.69) is 27.3 Å². The summed E-state index contributed by atoms with van der Waals surface area (Å²) < 4.78 is 6.37. The third-order valence-corrected chi connectivity index (χ3v) is 3.68. The number of fused-ring (bicyclic) bond motifs is 1. The van der Waals surface area contributed by atoms with Gasteiger partial charge in [0.1, 0.15) is 17.4 Å². The van der Waals surface area contributed by atoms with E-state index in [1.807, 2.05) is 20.8 Å². The number of ether oxygens (including phenoxy) is 1. The quantitative estimate of drug-likeness (QED) is 0.863. The van der Waals surface area contributed by atoms with Gasteiger partial charge in [-0.15, -0.1) is 0 Å². The Morgan fingerprint density at radius 2 is 2.21 bits per heavy atom. The number of benzene rings is 1. The second-order valence-electron chi connectivity index (χ2n) is 5.50. The molecule has 1 aliphatic rings. The van der Waals surface area contributed by atoms with Crippen LogP contribution in [0.15, 0.2) is 10.5 Å². The Bertz CT molecular complexity index is 583. The Kier molecular flexibility index (Phi) is 3.55. The zero-order chi connectivity index (χ0) is 14.2. The molecule has 1 aliphatic heterocycles. The van der Waals surface area contributed by atoms with Gasteiger partial charge in [-0.3, -0.25) is 4.79 Å². The van der Waals surface area contributed by atoms with Crippen molar-refractivity contribution in [2.24, 2.45) is 5.41 Å². The van der Waals surface area contributed by atoms with Crippen LogP contribution in [-0.2, 0) is 11.2 Å². The molecule has 0 bridgehead atoms. The molecule has 19 heavy (non-hydrogen) atoms. The summed E-state index contributed by atoms with van der Waals surface area (Å²) in [5.74, 6) is 0.454. The largest absolute Gasteiger partial charge is 0.491 e. The van der Waals surface area contributed by atoms with Gasteiger partial charge in [-0.1, -0.05) is 36.7 Å². The zero-order valence-electron chi connectivity index (χ0n) is 11.1. The second kappa shape index (κ2) is 4.86. The van der Waals surface area contributed by atoms with Crippen molar-refractivity contribution in [3.05, 3.63) is 21.7 Å². The summed E-state index contributed by atoms with van der Waals surface area (Å²) in [6.45, 7) is 6.05. The Morgan fingerprint density at radius 3 is 2.79 bits per heavy atom. The smallest absolute Gasteiger partial charge is 0.229 e.